The fraction of sp³-hybridized carbons (Fsp3) is 0.105. The number of pyridine rings is 1. The van der Waals surface area contributed by atoms with Crippen LogP contribution in [0.5, 0.6) is 0 Å². The Hall–Kier alpha value is -2.99. The molecular formula is C19H16N2O3S. The van der Waals surface area contributed by atoms with Crippen molar-refractivity contribution < 1.29 is 14.3 Å². The monoisotopic (exact) mass is 352 g/mol. The molecule has 0 fully saturated rings. The fourth-order valence-electron chi connectivity index (χ4n) is 2.29. The third-order valence-corrected chi connectivity index (χ3v) is 4.59. The van der Waals surface area contributed by atoms with Crippen LogP contribution in [0.3, 0.4) is 0 Å². The smallest absolute Gasteiger partial charge is 0.348 e. The molecule has 5 nitrogen and oxygen atoms in total. The second kappa shape index (κ2) is 7.72. The lowest BCUT2D eigenvalue weighted by Crippen LogP contribution is -2.14. The average Bonchev–Trinajstić information content (AvgIpc) is 3.12. The number of hydrogen-bond donors (Lipinski definition) is 1. The van der Waals surface area contributed by atoms with Gasteiger partial charge in [-0.3, -0.25) is 9.78 Å². The average molecular weight is 352 g/mol. The van der Waals surface area contributed by atoms with Gasteiger partial charge in [-0.15, -0.1) is 11.3 Å². The van der Waals surface area contributed by atoms with Crippen LogP contribution in [0, 0.1) is 0 Å². The molecule has 1 aromatic carbocycles. The van der Waals surface area contributed by atoms with Gasteiger partial charge in [0.05, 0.1) is 36.0 Å². The maximum atomic E-state index is 12.1. The van der Waals surface area contributed by atoms with Crippen molar-refractivity contribution in [3.05, 3.63) is 71.2 Å². The van der Waals surface area contributed by atoms with Gasteiger partial charge >= 0.3 is 5.97 Å². The number of methoxy groups -OCH3 is 1. The molecule has 0 radical (unpaired) electrons. The van der Waals surface area contributed by atoms with Crippen molar-refractivity contribution in [3.8, 4) is 10.6 Å². The summed E-state index contributed by atoms with van der Waals surface area (Å²) < 4.78 is 4.70. The quantitative estimate of drug-likeness (QED) is 0.710. The Morgan fingerprint density at radius 1 is 1.08 bits per heavy atom. The largest absolute Gasteiger partial charge is 0.465 e. The Kier molecular flexibility index (Phi) is 5.20. The molecule has 0 aliphatic carbocycles. The highest BCUT2D eigenvalue weighted by molar-refractivity contribution is 7.17. The van der Waals surface area contributed by atoms with Crippen LogP contribution in [0.1, 0.15) is 15.2 Å². The van der Waals surface area contributed by atoms with Gasteiger partial charge in [-0.1, -0.05) is 30.3 Å². The van der Waals surface area contributed by atoms with E-state index in [9.17, 15) is 9.59 Å². The predicted molar refractivity (Wildman–Crippen MR) is 97.7 cm³/mol. The number of esters is 1. The SMILES string of the molecule is COC(=O)c1ccc(-c2ccc(NC(=O)Cc3ccccc3)cn2)s1. The van der Waals surface area contributed by atoms with E-state index in [1.165, 1.54) is 18.4 Å². The summed E-state index contributed by atoms with van der Waals surface area (Å²) in [4.78, 5) is 29.3. The number of thiophene rings is 1. The van der Waals surface area contributed by atoms with E-state index in [0.717, 1.165) is 16.1 Å². The molecule has 0 aliphatic rings. The molecule has 2 aromatic heterocycles. The Labute approximate surface area is 149 Å². The summed E-state index contributed by atoms with van der Waals surface area (Å²) >= 11 is 1.32. The lowest BCUT2D eigenvalue weighted by Gasteiger charge is -2.05. The van der Waals surface area contributed by atoms with Crippen molar-refractivity contribution in [2.45, 2.75) is 6.42 Å². The van der Waals surface area contributed by atoms with Crippen LogP contribution < -0.4 is 5.32 Å². The topological polar surface area (TPSA) is 68.3 Å². The summed E-state index contributed by atoms with van der Waals surface area (Å²) in [5, 5.41) is 2.83. The van der Waals surface area contributed by atoms with Crippen LogP contribution in [0.4, 0.5) is 5.69 Å². The predicted octanol–water partition coefficient (Wildman–Crippen LogP) is 3.78. The van der Waals surface area contributed by atoms with Crippen LogP contribution in [-0.2, 0) is 16.0 Å². The van der Waals surface area contributed by atoms with Crippen LogP contribution >= 0.6 is 11.3 Å². The molecule has 126 valence electrons. The van der Waals surface area contributed by atoms with E-state index in [4.69, 9.17) is 4.74 Å². The number of aromatic nitrogens is 1. The number of carbonyl (C=O) groups excluding carboxylic acids is 2. The zero-order valence-electron chi connectivity index (χ0n) is 13.6. The second-order valence-electron chi connectivity index (χ2n) is 5.30. The highest BCUT2D eigenvalue weighted by Crippen LogP contribution is 2.27. The number of nitrogens with one attached hydrogen (secondary N) is 1. The number of ether oxygens (including phenoxy) is 1. The van der Waals surface area contributed by atoms with E-state index in [0.29, 0.717) is 17.0 Å². The first kappa shape index (κ1) is 16.9. The normalized spacial score (nSPS) is 10.3. The number of rotatable bonds is 5. The lowest BCUT2D eigenvalue weighted by molar-refractivity contribution is -0.115. The molecule has 0 bridgehead atoms. The molecular weight excluding hydrogens is 336 g/mol. The summed E-state index contributed by atoms with van der Waals surface area (Å²) in [5.41, 5.74) is 2.33. The summed E-state index contributed by atoms with van der Waals surface area (Å²) in [6.45, 7) is 0. The molecule has 0 atom stereocenters. The fourth-order valence-corrected chi connectivity index (χ4v) is 3.19. The number of hydrogen-bond acceptors (Lipinski definition) is 5. The molecule has 1 N–H and O–H groups in total. The second-order valence-corrected chi connectivity index (χ2v) is 6.38. The zero-order chi connectivity index (χ0) is 17.6. The summed E-state index contributed by atoms with van der Waals surface area (Å²) in [7, 11) is 1.35. The van der Waals surface area contributed by atoms with Crippen LogP contribution in [0.2, 0.25) is 0 Å². The summed E-state index contributed by atoms with van der Waals surface area (Å²) in [5.74, 6) is -0.453. The Balaban J connectivity index is 1.65. The molecule has 6 heteroatoms. The van der Waals surface area contributed by atoms with Gasteiger partial charge in [0.25, 0.3) is 0 Å². The molecule has 25 heavy (non-hydrogen) atoms. The maximum Gasteiger partial charge on any atom is 0.348 e. The third-order valence-electron chi connectivity index (χ3n) is 3.50. The standard InChI is InChI=1S/C19H16N2O3S/c1-24-19(23)17-10-9-16(25-17)15-8-7-14(12-20-15)21-18(22)11-13-5-3-2-4-6-13/h2-10,12H,11H2,1H3,(H,21,22). The van der Waals surface area contributed by atoms with Crippen molar-refractivity contribution in [2.24, 2.45) is 0 Å². The van der Waals surface area contributed by atoms with Gasteiger partial charge in [0.2, 0.25) is 5.91 Å². The van der Waals surface area contributed by atoms with Crippen LogP contribution in [0.25, 0.3) is 10.6 Å². The van der Waals surface area contributed by atoms with Crippen molar-refractivity contribution in [1.82, 2.24) is 4.98 Å². The number of amides is 1. The van der Waals surface area contributed by atoms with Gasteiger partial charge < -0.3 is 10.1 Å². The van der Waals surface area contributed by atoms with Gasteiger partial charge in [0, 0.05) is 0 Å². The van der Waals surface area contributed by atoms with Gasteiger partial charge in [0.1, 0.15) is 4.88 Å². The van der Waals surface area contributed by atoms with E-state index in [1.807, 2.05) is 42.5 Å². The van der Waals surface area contributed by atoms with E-state index in [-0.39, 0.29) is 11.9 Å². The minimum Gasteiger partial charge on any atom is -0.465 e. The Morgan fingerprint density at radius 2 is 1.88 bits per heavy atom. The van der Waals surface area contributed by atoms with E-state index in [2.05, 4.69) is 10.3 Å². The van der Waals surface area contributed by atoms with E-state index >= 15 is 0 Å². The molecule has 0 saturated heterocycles. The highest BCUT2D eigenvalue weighted by atomic mass is 32.1. The first-order valence-electron chi connectivity index (χ1n) is 7.64. The molecule has 0 saturated carbocycles. The molecule has 2 heterocycles. The summed E-state index contributed by atoms with van der Waals surface area (Å²) in [6, 6.07) is 16.7. The van der Waals surface area contributed by atoms with Crippen molar-refractivity contribution >= 4 is 28.9 Å². The maximum absolute atomic E-state index is 12.1. The van der Waals surface area contributed by atoms with Crippen LogP contribution in [0.15, 0.2) is 60.8 Å². The third kappa shape index (κ3) is 4.30. The number of carbonyl (C=O) groups is 2. The molecule has 0 unspecified atom stereocenters. The van der Waals surface area contributed by atoms with E-state index in [1.54, 1.807) is 18.3 Å². The minimum atomic E-state index is -0.360. The van der Waals surface area contributed by atoms with Crippen molar-refractivity contribution in [3.63, 3.8) is 0 Å². The number of nitrogens with zero attached hydrogens (tertiary/aromatic N) is 1. The Bertz CT molecular complexity index is 873. The van der Waals surface area contributed by atoms with Crippen molar-refractivity contribution in [1.29, 1.82) is 0 Å². The Morgan fingerprint density at radius 3 is 2.56 bits per heavy atom. The van der Waals surface area contributed by atoms with Gasteiger partial charge in [-0.05, 0) is 29.8 Å². The molecule has 0 spiro atoms. The van der Waals surface area contributed by atoms with Gasteiger partial charge in [0.15, 0.2) is 0 Å². The molecule has 3 aromatic rings. The molecule has 1 amide bonds. The number of benzene rings is 1. The number of anilines is 1. The van der Waals surface area contributed by atoms with Crippen molar-refractivity contribution in [2.75, 3.05) is 12.4 Å². The van der Waals surface area contributed by atoms with Gasteiger partial charge in [-0.25, -0.2) is 4.79 Å². The summed E-state index contributed by atoms with van der Waals surface area (Å²) in [6.07, 6.45) is 1.92. The van der Waals surface area contributed by atoms with Gasteiger partial charge in [-0.2, -0.15) is 0 Å². The molecule has 3 rings (SSSR count). The molecule has 0 aliphatic heterocycles. The first-order valence-corrected chi connectivity index (χ1v) is 8.46. The lowest BCUT2D eigenvalue weighted by atomic mass is 10.1. The van der Waals surface area contributed by atoms with Crippen LogP contribution in [-0.4, -0.2) is 24.0 Å². The first-order chi connectivity index (χ1) is 12.2. The minimum absolute atomic E-state index is 0.0927. The zero-order valence-corrected chi connectivity index (χ0v) is 14.4. The van der Waals surface area contributed by atoms with E-state index < -0.39 is 0 Å². The highest BCUT2D eigenvalue weighted by Gasteiger charge is 2.11.